The number of allylic oxidation sites excluding steroid dienone is 2. The fraction of sp³-hybridized carbons (Fsp3) is 0.500. The van der Waals surface area contributed by atoms with Crippen LogP contribution < -0.4 is 0 Å². The van der Waals surface area contributed by atoms with Crippen LogP contribution in [0.25, 0.3) is 10.9 Å². The molecule has 0 radical (unpaired) electrons. The second-order valence-electron chi connectivity index (χ2n) is 12.4. The smallest absolute Gasteiger partial charge is 0.399 e. The average molecular weight is 514 g/mol. The molecule has 2 saturated heterocycles. The van der Waals surface area contributed by atoms with Gasteiger partial charge in [0.2, 0.25) is 0 Å². The summed E-state index contributed by atoms with van der Waals surface area (Å²) in [6.45, 7) is 21.3. The normalized spacial score (nSPS) is 22.8. The highest BCUT2D eigenvalue weighted by Gasteiger charge is 2.55. The summed E-state index contributed by atoms with van der Waals surface area (Å²) in [5, 5.41) is 0. The van der Waals surface area contributed by atoms with Gasteiger partial charge in [-0.05, 0) is 101 Å². The molecule has 2 aliphatic heterocycles. The minimum Gasteiger partial charge on any atom is -0.399 e. The molecule has 0 amide bonds. The van der Waals surface area contributed by atoms with Gasteiger partial charge in [0.1, 0.15) is 0 Å². The monoisotopic (exact) mass is 514 g/mol. The number of benzene rings is 2. The standard InChI is InChI=1S/C32H44B2O4/c1-11-25(27(23-19-15-13-16-20-23)33-35-29(3,4)30(5,6)36-33)26(12-2)28(24-21-17-14-18-22-24)34-37-31(7,8)32(9,10)38-34/h13-22H,11-12H2,1-10H3. The molecule has 0 aliphatic carbocycles. The van der Waals surface area contributed by atoms with Gasteiger partial charge in [0, 0.05) is 0 Å². The molecule has 2 fully saturated rings. The summed E-state index contributed by atoms with van der Waals surface area (Å²) in [4.78, 5) is 0. The molecule has 0 saturated carbocycles. The van der Waals surface area contributed by atoms with E-state index in [0.29, 0.717) is 0 Å². The van der Waals surface area contributed by atoms with E-state index in [1.54, 1.807) is 0 Å². The van der Waals surface area contributed by atoms with Crippen molar-refractivity contribution in [2.45, 2.75) is 104 Å². The van der Waals surface area contributed by atoms with Gasteiger partial charge in [0.05, 0.1) is 22.4 Å². The Bertz CT molecular complexity index is 1070. The Balaban J connectivity index is 2.01. The second kappa shape index (κ2) is 10.5. The lowest BCUT2D eigenvalue weighted by Gasteiger charge is -2.32. The molecule has 38 heavy (non-hydrogen) atoms. The van der Waals surface area contributed by atoms with Gasteiger partial charge in [0.15, 0.2) is 0 Å². The summed E-state index contributed by atoms with van der Waals surface area (Å²) in [5.41, 5.74) is 5.02. The topological polar surface area (TPSA) is 36.9 Å². The van der Waals surface area contributed by atoms with Gasteiger partial charge >= 0.3 is 14.2 Å². The molecule has 0 aromatic heterocycles. The highest BCUT2D eigenvalue weighted by Crippen LogP contribution is 2.46. The minimum atomic E-state index is -0.491. The van der Waals surface area contributed by atoms with E-state index >= 15 is 0 Å². The fourth-order valence-corrected chi connectivity index (χ4v) is 5.20. The maximum atomic E-state index is 6.67. The number of hydrogen-bond donors (Lipinski definition) is 0. The summed E-state index contributed by atoms with van der Waals surface area (Å²) >= 11 is 0. The third-order valence-corrected chi connectivity index (χ3v) is 8.87. The maximum Gasteiger partial charge on any atom is 0.495 e. The number of rotatable bonds is 7. The van der Waals surface area contributed by atoms with Crippen LogP contribution in [0.4, 0.5) is 0 Å². The van der Waals surface area contributed by atoms with E-state index in [0.717, 1.165) is 34.9 Å². The van der Waals surface area contributed by atoms with Crippen molar-refractivity contribution in [3.05, 3.63) is 82.9 Å². The molecule has 2 aliphatic rings. The van der Waals surface area contributed by atoms with Crippen molar-refractivity contribution in [3.63, 3.8) is 0 Å². The molecule has 4 nitrogen and oxygen atoms in total. The van der Waals surface area contributed by atoms with Crippen LogP contribution in [0.3, 0.4) is 0 Å². The van der Waals surface area contributed by atoms with Crippen molar-refractivity contribution in [1.82, 2.24) is 0 Å². The Labute approximate surface area is 231 Å². The van der Waals surface area contributed by atoms with Crippen LogP contribution in [0.1, 0.15) is 93.2 Å². The second-order valence-corrected chi connectivity index (χ2v) is 12.4. The van der Waals surface area contributed by atoms with Crippen LogP contribution in [-0.4, -0.2) is 36.6 Å². The van der Waals surface area contributed by atoms with Gasteiger partial charge in [-0.15, -0.1) is 0 Å². The van der Waals surface area contributed by atoms with Gasteiger partial charge in [-0.3, -0.25) is 0 Å². The molecular formula is C32H44B2O4. The highest BCUT2D eigenvalue weighted by molar-refractivity contribution is 6.71. The van der Waals surface area contributed by atoms with E-state index in [9.17, 15) is 0 Å². The molecule has 6 heteroatoms. The SMILES string of the molecule is CCC(C(CC)=C(B1OC(C)(C)C(C)(C)O1)c1ccccc1)=C(B1OC(C)(C)C(C)(C)O1)c1ccccc1. The zero-order valence-electron chi connectivity index (χ0n) is 25.0. The van der Waals surface area contributed by atoms with E-state index in [1.165, 1.54) is 11.1 Å². The molecule has 202 valence electrons. The first kappa shape index (κ1) is 28.9. The van der Waals surface area contributed by atoms with Crippen LogP contribution in [0, 0.1) is 0 Å². The van der Waals surface area contributed by atoms with Crippen molar-refractivity contribution in [2.75, 3.05) is 0 Å². The van der Waals surface area contributed by atoms with Gasteiger partial charge in [-0.2, -0.15) is 0 Å². The van der Waals surface area contributed by atoms with Crippen LogP contribution in [-0.2, 0) is 18.6 Å². The van der Waals surface area contributed by atoms with E-state index in [1.807, 2.05) is 12.1 Å². The predicted octanol–water partition coefficient (Wildman–Crippen LogP) is 7.98. The van der Waals surface area contributed by atoms with Crippen molar-refractivity contribution in [3.8, 4) is 0 Å². The van der Waals surface area contributed by atoms with Crippen LogP contribution in [0.15, 0.2) is 71.8 Å². The summed E-state index contributed by atoms with van der Waals surface area (Å²) in [6.07, 6.45) is 1.63. The van der Waals surface area contributed by atoms with Gasteiger partial charge in [-0.1, -0.05) is 74.5 Å². The van der Waals surface area contributed by atoms with Gasteiger partial charge < -0.3 is 18.6 Å². The fourth-order valence-electron chi connectivity index (χ4n) is 5.20. The van der Waals surface area contributed by atoms with Crippen molar-refractivity contribution in [1.29, 1.82) is 0 Å². The molecule has 4 rings (SSSR count). The van der Waals surface area contributed by atoms with Gasteiger partial charge in [-0.25, -0.2) is 0 Å². The summed E-state index contributed by atoms with van der Waals surface area (Å²) in [7, 11) is -0.983. The Kier molecular flexibility index (Phi) is 7.95. The Hall–Kier alpha value is -2.11. The van der Waals surface area contributed by atoms with Crippen molar-refractivity contribution < 1.29 is 18.6 Å². The number of hydrogen-bond acceptors (Lipinski definition) is 4. The third kappa shape index (κ3) is 5.21. The zero-order chi connectivity index (χ0) is 27.9. The molecular weight excluding hydrogens is 470 g/mol. The first-order chi connectivity index (χ1) is 17.7. The van der Waals surface area contributed by atoms with Crippen molar-refractivity contribution >= 4 is 25.2 Å². The highest BCUT2D eigenvalue weighted by atomic mass is 16.7. The van der Waals surface area contributed by atoms with Gasteiger partial charge in [0.25, 0.3) is 0 Å². The third-order valence-electron chi connectivity index (χ3n) is 8.87. The van der Waals surface area contributed by atoms with E-state index < -0.39 is 36.6 Å². The van der Waals surface area contributed by atoms with Crippen molar-refractivity contribution in [2.24, 2.45) is 0 Å². The summed E-state index contributed by atoms with van der Waals surface area (Å²) in [6, 6.07) is 21.0. The minimum absolute atomic E-state index is 0.444. The summed E-state index contributed by atoms with van der Waals surface area (Å²) < 4.78 is 26.7. The van der Waals surface area contributed by atoms with Crippen LogP contribution >= 0.6 is 0 Å². The van der Waals surface area contributed by atoms with E-state index in [2.05, 4.69) is 118 Å². The lowest BCUT2D eigenvalue weighted by Crippen LogP contribution is -2.41. The zero-order valence-corrected chi connectivity index (χ0v) is 25.0. The lowest BCUT2D eigenvalue weighted by molar-refractivity contribution is 0.00578. The first-order valence-electron chi connectivity index (χ1n) is 14.0. The average Bonchev–Trinajstić information content (AvgIpc) is 3.20. The molecule has 0 N–H and O–H groups in total. The predicted molar refractivity (Wildman–Crippen MR) is 159 cm³/mol. The largest absolute Gasteiger partial charge is 0.495 e. The van der Waals surface area contributed by atoms with Crippen LogP contribution in [0.2, 0.25) is 0 Å². The lowest BCUT2D eigenvalue weighted by atomic mass is 9.64. The maximum absolute atomic E-state index is 6.67. The molecule has 0 bridgehead atoms. The molecule has 2 aromatic rings. The van der Waals surface area contributed by atoms with Crippen LogP contribution in [0.5, 0.6) is 0 Å². The Morgan fingerprint density at radius 3 is 1.00 bits per heavy atom. The van der Waals surface area contributed by atoms with E-state index in [-0.39, 0.29) is 0 Å². The molecule has 2 heterocycles. The summed E-state index contributed by atoms with van der Waals surface area (Å²) in [5.74, 6) is 0. The Morgan fingerprint density at radius 1 is 0.500 bits per heavy atom. The molecule has 2 aromatic carbocycles. The molecule has 0 spiro atoms. The van der Waals surface area contributed by atoms with E-state index in [4.69, 9.17) is 18.6 Å². The quantitative estimate of drug-likeness (QED) is 0.277. The molecule has 0 atom stereocenters. The first-order valence-corrected chi connectivity index (χ1v) is 14.0. The Morgan fingerprint density at radius 2 is 0.763 bits per heavy atom. The molecule has 0 unspecified atom stereocenters.